The van der Waals surface area contributed by atoms with E-state index in [1.807, 2.05) is 0 Å². The topological polar surface area (TPSA) is 52.5 Å². The molecule has 0 spiro atoms. The van der Waals surface area contributed by atoms with E-state index in [0.717, 1.165) is 19.4 Å². The van der Waals surface area contributed by atoms with Gasteiger partial charge in [-0.15, -0.1) is 0 Å². The maximum Gasteiger partial charge on any atom is 0.0445 e. The molecule has 0 radical (unpaired) electrons. The average Bonchev–Trinajstić information content (AvgIpc) is 2.45. The third-order valence-corrected chi connectivity index (χ3v) is 3.92. The van der Waals surface area contributed by atoms with Gasteiger partial charge in [0, 0.05) is 19.3 Å². The second kappa shape index (κ2) is 16.9. The Kier molecular flexibility index (Phi) is 16.8. The predicted molar refractivity (Wildman–Crippen MR) is 87.0 cm³/mol. The van der Waals surface area contributed by atoms with Crippen molar-refractivity contribution in [3.63, 3.8) is 0 Å². The molecule has 0 aromatic rings. The lowest BCUT2D eigenvalue weighted by Gasteiger charge is -2.16. The summed E-state index contributed by atoms with van der Waals surface area (Å²) >= 11 is 0. The summed E-state index contributed by atoms with van der Waals surface area (Å²) in [6.45, 7) is 3.69. The van der Waals surface area contributed by atoms with Gasteiger partial charge in [-0.1, -0.05) is 64.7 Å². The highest BCUT2D eigenvalue weighted by molar-refractivity contribution is 4.65. The van der Waals surface area contributed by atoms with Crippen molar-refractivity contribution in [3.8, 4) is 0 Å². The van der Waals surface area contributed by atoms with E-state index in [9.17, 15) is 0 Å². The van der Waals surface area contributed by atoms with Crippen LogP contribution in [0.2, 0.25) is 0 Å². The van der Waals surface area contributed by atoms with Crippen molar-refractivity contribution in [2.24, 2.45) is 0 Å². The number of rotatable bonds is 16. The highest BCUT2D eigenvalue weighted by atomic mass is 16.3. The minimum absolute atomic E-state index is 0.204. The Hall–Kier alpha value is -0.120. The zero-order chi connectivity index (χ0) is 14.9. The van der Waals surface area contributed by atoms with Crippen LogP contribution in [0.5, 0.6) is 0 Å². The van der Waals surface area contributed by atoms with Crippen LogP contribution in [-0.4, -0.2) is 36.0 Å². The molecular formula is C17H37NO2. The summed E-state index contributed by atoms with van der Waals surface area (Å²) in [5.41, 5.74) is 0. The van der Waals surface area contributed by atoms with E-state index in [2.05, 4.69) is 12.2 Å². The molecule has 0 aliphatic rings. The fourth-order valence-corrected chi connectivity index (χ4v) is 2.58. The summed E-state index contributed by atoms with van der Waals surface area (Å²) in [7, 11) is 0. The first-order valence-corrected chi connectivity index (χ1v) is 8.80. The molecule has 0 heterocycles. The third-order valence-electron chi connectivity index (χ3n) is 3.92. The zero-order valence-electron chi connectivity index (χ0n) is 13.6. The molecule has 0 rings (SSSR count). The van der Waals surface area contributed by atoms with E-state index < -0.39 is 0 Å². The van der Waals surface area contributed by atoms with E-state index >= 15 is 0 Å². The fourth-order valence-electron chi connectivity index (χ4n) is 2.58. The summed E-state index contributed by atoms with van der Waals surface area (Å²) < 4.78 is 0. The van der Waals surface area contributed by atoms with Crippen LogP contribution in [0.3, 0.4) is 0 Å². The van der Waals surface area contributed by atoms with E-state index in [1.165, 1.54) is 64.2 Å². The smallest absolute Gasteiger partial charge is 0.0445 e. The molecule has 0 amide bonds. The number of aliphatic hydroxyl groups excluding tert-OH is 2. The number of aliphatic hydroxyl groups is 2. The molecular weight excluding hydrogens is 250 g/mol. The predicted octanol–water partition coefficient (Wildman–Crippen LogP) is 3.63. The SMILES string of the molecule is CCCCCCCCCCCCNC(CCO)CCO. The monoisotopic (exact) mass is 287 g/mol. The number of hydrogen-bond donors (Lipinski definition) is 3. The molecule has 0 fully saturated rings. The summed E-state index contributed by atoms with van der Waals surface area (Å²) in [5.74, 6) is 0. The van der Waals surface area contributed by atoms with Crippen LogP contribution in [0.1, 0.15) is 84.0 Å². The molecule has 0 aromatic heterocycles. The van der Waals surface area contributed by atoms with Crippen molar-refractivity contribution in [3.05, 3.63) is 0 Å². The molecule has 0 aliphatic heterocycles. The van der Waals surface area contributed by atoms with Crippen molar-refractivity contribution < 1.29 is 10.2 Å². The van der Waals surface area contributed by atoms with Gasteiger partial charge in [-0.3, -0.25) is 0 Å². The summed E-state index contributed by atoms with van der Waals surface area (Å²) in [5, 5.41) is 21.3. The molecule has 0 unspecified atom stereocenters. The van der Waals surface area contributed by atoms with E-state index in [-0.39, 0.29) is 19.3 Å². The van der Waals surface area contributed by atoms with Crippen LogP contribution in [0.15, 0.2) is 0 Å². The van der Waals surface area contributed by atoms with Crippen molar-refractivity contribution in [1.29, 1.82) is 0 Å². The van der Waals surface area contributed by atoms with Gasteiger partial charge >= 0.3 is 0 Å². The number of unbranched alkanes of at least 4 members (excludes halogenated alkanes) is 9. The normalized spacial score (nSPS) is 11.4. The maximum atomic E-state index is 8.92. The number of nitrogens with one attached hydrogen (secondary N) is 1. The molecule has 0 saturated heterocycles. The van der Waals surface area contributed by atoms with Gasteiger partial charge in [0.05, 0.1) is 0 Å². The fraction of sp³-hybridized carbons (Fsp3) is 1.00. The van der Waals surface area contributed by atoms with E-state index in [0.29, 0.717) is 0 Å². The Labute approximate surface area is 126 Å². The molecule has 20 heavy (non-hydrogen) atoms. The van der Waals surface area contributed by atoms with E-state index in [1.54, 1.807) is 0 Å². The first kappa shape index (κ1) is 19.9. The van der Waals surface area contributed by atoms with Crippen LogP contribution in [0.25, 0.3) is 0 Å². The summed E-state index contributed by atoms with van der Waals surface area (Å²) in [6.07, 6.45) is 15.1. The third kappa shape index (κ3) is 14.3. The highest BCUT2D eigenvalue weighted by Crippen LogP contribution is 2.10. The van der Waals surface area contributed by atoms with Crippen LogP contribution in [-0.2, 0) is 0 Å². The van der Waals surface area contributed by atoms with Crippen LogP contribution in [0, 0.1) is 0 Å². The van der Waals surface area contributed by atoms with Crippen LogP contribution < -0.4 is 5.32 Å². The Morgan fingerprint density at radius 2 is 1.15 bits per heavy atom. The van der Waals surface area contributed by atoms with Crippen molar-refractivity contribution in [2.75, 3.05) is 19.8 Å². The Bertz CT molecular complexity index is 170. The first-order valence-electron chi connectivity index (χ1n) is 8.80. The lowest BCUT2D eigenvalue weighted by Crippen LogP contribution is -2.31. The van der Waals surface area contributed by atoms with Crippen molar-refractivity contribution >= 4 is 0 Å². The summed E-state index contributed by atoms with van der Waals surface area (Å²) in [6, 6.07) is 0.281. The number of hydrogen-bond acceptors (Lipinski definition) is 3. The van der Waals surface area contributed by atoms with Gasteiger partial charge in [-0.05, 0) is 25.8 Å². The quantitative estimate of drug-likeness (QED) is 0.380. The van der Waals surface area contributed by atoms with Gasteiger partial charge in [0.2, 0.25) is 0 Å². The molecule has 3 nitrogen and oxygen atoms in total. The van der Waals surface area contributed by atoms with Crippen molar-refractivity contribution in [2.45, 2.75) is 90.0 Å². The molecule has 0 bridgehead atoms. The molecule has 0 atom stereocenters. The Morgan fingerprint density at radius 3 is 1.60 bits per heavy atom. The Morgan fingerprint density at radius 1 is 0.700 bits per heavy atom. The molecule has 0 aromatic carbocycles. The van der Waals surface area contributed by atoms with E-state index in [4.69, 9.17) is 10.2 Å². The van der Waals surface area contributed by atoms with Gasteiger partial charge in [0.25, 0.3) is 0 Å². The standard InChI is InChI=1S/C17H37NO2/c1-2-3-4-5-6-7-8-9-10-11-14-18-17(12-15-19)13-16-20/h17-20H,2-16H2,1H3. The van der Waals surface area contributed by atoms with Crippen molar-refractivity contribution in [1.82, 2.24) is 5.32 Å². The molecule has 0 saturated carbocycles. The lowest BCUT2D eigenvalue weighted by molar-refractivity contribution is 0.227. The minimum atomic E-state index is 0.204. The second-order valence-corrected chi connectivity index (χ2v) is 5.86. The van der Waals surface area contributed by atoms with Gasteiger partial charge in [0.1, 0.15) is 0 Å². The van der Waals surface area contributed by atoms with Gasteiger partial charge in [-0.25, -0.2) is 0 Å². The minimum Gasteiger partial charge on any atom is -0.396 e. The maximum absolute atomic E-state index is 8.92. The largest absolute Gasteiger partial charge is 0.396 e. The average molecular weight is 287 g/mol. The van der Waals surface area contributed by atoms with Crippen LogP contribution in [0.4, 0.5) is 0 Å². The van der Waals surface area contributed by atoms with Gasteiger partial charge < -0.3 is 15.5 Å². The zero-order valence-corrected chi connectivity index (χ0v) is 13.6. The Balaban J connectivity index is 3.18. The lowest BCUT2D eigenvalue weighted by atomic mass is 10.1. The van der Waals surface area contributed by atoms with Gasteiger partial charge in [-0.2, -0.15) is 0 Å². The summed E-state index contributed by atoms with van der Waals surface area (Å²) in [4.78, 5) is 0. The first-order chi connectivity index (χ1) is 9.85. The highest BCUT2D eigenvalue weighted by Gasteiger charge is 2.05. The molecule has 122 valence electrons. The molecule has 3 heteroatoms. The molecule has 0 aliphatic carbocycles. The van der Waals surface area contributed by atoms with Gasteiger partial charge in [0.15, 0.2) is 0 Å². The van der Waals surface area contributed by atoms with Crippen LogP contribution >= 0.6 is 0 Å². The second-order valence-electron chi connectivity index (χ2n) is 5.86. The molecule has 3 N–H and O–H groups in total.